The molecule has 0 aromatic heterocycles. The third kappa shape index (κ3) is 8.71. The fourth-order valence-electron chi connectivity index (χ4n) is 4.47. The van der Waals surface area contributed by atoms with Crippen LogP contribution >= 0.6 is 0 Å². The van der Waals surface area contributed by atoms with Crippen LogP contribution in [0, 0.1) is 0 Å². The highest BCUT2D eigenvalue weighted by molar-refractivity contribution is 5.58. The Kier molecular flexibility index (Phi) is 10.9. The van der Waals surface area contributed by atoms with Crippen LogP contribution in [0.15, 0.2) is 105 Å². The molecule has 2 aliphatic rings. The zero-order valence-corrected chi connectivity index (χ0v) is 25.2. The summed E-state index contributed by atoms with van der Waals surface area (Å²) in [6, 6.07) is 25.7. The highest BCUT2D eigenvalue weighted by atomic mass is 16.6. The van der Waals surface area contributed by atoms with Gasteiger partial charge in [0.1, 0.15) is 85.4 Å². The number of hydrogen-bond donors (Lipinski definition) is 0. The van der Waals surface area contributed by atoms with Gasteiger partial charge in [-0.15, -0.1) is 20.5 Å². The summed E-state index contributed by atoms with van der Waals surface area (Å²) in [5.41, 5.74) is 2.36. The maximum absolute atomic E-state index is 5.97. The molecule has 2 aliphatic heterocycles. The van der Waals surface area contributed by atoms with Crippen molar-refractivity contribution in [3.63, 3.8) is 0 Å². The summed E-state index contributed by atoms with van der Waals surface area (Å²) >= 11 is 0. The molecule has 0 bridgehead atoms. The van der Waals surface area contributed by atoms with E-state index in [0.29, 0.717) is 110 Å². The topological polar surface area (TPSA) is 123 Å². The van der Waals surface area contributed by atoms with Gasteiger partial charge in [0.2, 0.25) is 0 Å². The minimum Gasteiger partial charge on any atom is -0.490 e. The molecule has 0 saturated heterocycles. The van der Waals surface area contributed by atoms with E-state index in [1.165, 1.54) is 0 Å². The van der Waals surface area contributed by atoms with Crippen molar-refractivity contribution < 1.29 is 37.9 Å². The second kappa shape index (κ2) is 16.2. The van der Waals surface area contributed by atoms with Gasteiger partial charge >= 0.3 is 0 Å². The molecule has 0 fully saturated rings. The van der Waals surface area contributed by atoms with Crippen LogP contribution < -0.4 is 28.4 Å². The van der Waals surface area contributed by atoms with E-state index in [-0.39, 0.29) is 13.2 Å². The lowest BCUT2D eigenvalue weighted by molar-refractivity contribution is 0.0767. The van der Waals surface area contributed by atoms with Crippen LogP contribution in [0.4, 0.5) is 22.7 Å². The standard InChI is InChI=1S/C34H34N4O8/c1-3-7-31-27(5-1)35-37-29-11-9-25(23-33(29)45-19-15-39-13-17-43-31)41-21-22-42-26-10-12-30-34(24-26)46-20-16-40-14-18-44-32-8-4-2-6-28(32)36-38-30/h1-12,23-24H,13-22H2. The van der Waals surface area contributed by atoms with Crippen molar-refractivity contribution in [3.05, 3.63) is 84.9 Å². The molecule has 0 atom stereocenters. The molecule has 238 valence electrons. The monoisotopic (exact) mass is 626 g/mol. The molecule has 6 rings (SSSR count). The van der Waals surface area contributed by atoms with Crippen LogP contribution in [0.3, 0.4) is 0 Å². The molecule has 12 heteroatoms. The first kappa shape index (κ1) is 30.8. The molecule has 0 amide bonds. The van der Waals surface area contributed by atoms with Gasteiger partial charge < -0.3 is 37.9 Å². The molecule has 0 N–H and O–H groups in total. The number of nitrogens with zero attached hydrogens (tertiary/aromatic N) is 4. The molecule has 12 nitrogen and oxygen atoms in total. The maximum Gasteiger partial charge on any atom is 0.150 e. The van der Waals surface area contributed by atoms with Gasteiger partial charge in [-0.3, -0.25) is 0 Å². The minimum absolute atomic E-state index is 0.288. The Morgan fingerprint density at radius 3 is 1.22 bits per heavy atom. The smallest absolute Gasteiger partial charge is 0.150 e. The van der Waals surface area contributed by atoms with Crippen molar-refractivity contribution in [3.8, 4) is 34.5 Å². The van der Waals surface area contributed by atoms with E-state index >= 15 is 0 Å². The Balaban J connectivity index is 1.09. The van der Waals surface area contributed by atoms with Gasteiger partial charge in [-0.1, -0.05) is 24.3 Å². The summed E-state index contributed by atoms with van der Waals surface area (Å²) < 4.78 is 46.7. The van der Waals surface area contributed by atoms with Gasteiger partial charge in [0.15, 0.2) is 11.5 Å². The first-order chi connectivity index (χ1) is 22.8. The average Bonchev–Trinajstić information content (AvgIpc) is 3.11. The molecule has 0 spiro atoms. The van der Waals surface area contributed by atoms with Crippen LogP contribution in [0.25, 0.3) is 0 Å². The number of para-hydroxylation sites is 2. The SMILES string of the molecule is c1ccc2c(c1)N=Nc1ccc(OCCOc3ccc4c(c3)OCCOCCOc3ccccc3N=N4)cc1OCCOCCO2. The predicted molar refractivity (Wildman–Crippen MR) is 169 cm³/mol. The fraction of sp³-hybridized carbons (Fsp3) is 0.294. The molecule has 0 saturated carbocycles. The van der Waals surface area contributed by atoms with E-state index in [2.05, 4.69) is 20.5 Å². The average molecular weight is 627 g/mol. The number of azo groups is 2. The van der Waals surface area contributed by atoms with Crippen LogP contribution in [-0.2, 0) is 9.47 Å². The molecule has 4 aromatic rings. The van der Waals surface area contributed by atoms with Crippen LogP contribution in [0.5, 0.6) is 34.5 Å². The largest absolute Gasteiger partial charge is 0.490 e. The van der Waals surface area contributed by atoms with Gasteiger partial charge in [-0.25, -0.2) is 0 Å². The first-order valence-corrected chi connectivity index (χ1v) is 15.0. The summed E-state index contributed by atoms with van der Waals surface area (Å²) in [5.74, 6) is 3.55. The van der Waals surface area contributed by atoms with E-state index in [1.807, 2.05) is 60.7 Å². The lowest BCUT2D eigenvalue weighted by Gasteiger charge is -2.13. The summed E-state index contributed by atoms with van der Waals surface area (Å²) in [6.07, 6.45) is 0. The quantitative estimate of drug-likeness (QED) is 0.208. The van der Waals surface area contributed by atoms with Gasteiger partial charge in [-0.05, 0) is 48.5 Å². The Morgan fingerprint density at radius 2 is 0.783 bits per heavy atom. The number of hydrogen-bond acceptors (Lipinski definition) is 12. The van der Waals surface area contributed by atoms with Crippen LogP contribution in [-0.4, -0.2) is 66.1 Å². The summed E-state index contributed by atoms with van der Waals surface area (Å²) in [4.78, 5) is 0. The van der Waals surface area contributed by atoms with Crippen molar-refractivity contribution in [2.75, 3.05) is 66.1 Å². The van der Waals surface area contributed by atoms with E-state index in [0.717, 1.165) is 0 Å². The van der Waals surface area contributed by atoms with Gasteiger partial charge in [0.05, 0.1) is 26.4 Å². The number of benzene rings is 4. The van der Waals surface area contributed by atoms with Gasteiger partial charge in [0, 0.05) is 12.1 Å². The van der Waals surface area contributed by atoms with Crippen LogP contribution in [0.1, 0.15) is 0 Å². The Morgan fingerprint density at radius 1 is 0.413 bits per heavy atom. The number of fused-ring (bicyclic) bond motifs is 4. The van der Waals surface area contributed by atoms with E-state index in [1.54, 1.807) is 24.3 Å². The molecule has 46 heavy (non-hydrogen) atoms. The fourth-order valence-corrected chi connectivity index (χ4v) is 4.47. The highest BCUT2D eigenvalue weighted by Crippen LogP contribution is 2.37. The summed E-state index contributed by atoms with van der Waals surface area (Å²) in [7, 11) is 0. The molecule has 4 aromatic carbocycles. The normalized spacial score (nSPS) is 15.2. The highest BCUT2D eigenvalue weighted by Gasteiger charge is 2.11. The second-order valence-corrected chi connectivity index (χ2v) is 9.91. The Bertz CT molecular complexity index is 1530. The molecule has 0 aliphatic carbocycles. The summed E-state index contributed by atoms with van der Waals surface area (Å²) in [6.45, 7) is 3.75. The first-order valence-electron chi connectivity index (χ1n) is 15.0. The van der Waals surface area contributed by atoms with E-state index in [9.17, 15) is 0 Å². The zero-order chi connectivity index (χ0) is 31.2. The predicted octanol–water partition coefficient (Wildman–Crippen LogP) is 7.55. The second-order valence-electron chi connectivity index (χ2n) is 9.91. The van der Waals surface area contributed by atoms with E-state index < -0.39 is 0 Å². The van der Waals surface area contributed by atoms with Gasteiger partial charge in [0.25, 0.3) is 0 Å². The third-order valence-electron chi connectivity index (χ3n) is 6.69. The number of ether oxygens (including phenoxy) is 8. The Hall–Kier alpha value is -5.20. The van der Waals surface area contributed by atoms with Crippen molar-refractivity contribution in [2.45, 2.75) is 0 Å². The van der Waals surface area contributed by atoms with Crippen molar-refractivity contribution in [1.82, 2.24) is 0 Å². The number of rotatable bonds is 5. The van der Waals surface area contributed by atoms with Crippen molar-refractivity contribution in [1.29, 1.82) is 0 Å². The van der Waals surface area contributed by atoms with E-state index in [4.69, 9.17) is 37.9 Å². The lowest BCUT2D eigenvalue weighted by atomic mass is 10.2. The minimum atomic E-state index is 0.288. The summed E-state index contributed by atoms with van der Waals surface area (Å²) in [5, 5.41) is 17.6. The molecule has 2 heterocycles. The third-order valence-corrected chi connectivity index (χ3v) is 6.69. The lowest BCUT2D eigenvalue weighted by Crippen LogP contribution is -2.12. The zero-order valence-electron chi connectivity index (χ0n) is 25.2. The maximum atomic E-state index is 5.97. The van der Waals surface area contributed by atoms with Crippen molar-refractivity contribution >= 4 is 22.7 Å². The molecular formula is C34H34N4O8. The molecule has 0 unspecified atom stereocenters. The Labute approximate surface area is 266 Å². The molecule has 0 radical (unpaired) electrons. The molecular weight excluding hydrogens is 592 g/mol. The van der Waals surface area contributed by atoms with Gasteiger partial charge in [-0.2, -0.15) is 0 Å². The van der Waals surface area contributed by atoms with Crippen LogP contribution in [0.2, 0.25) is 0 Å². The van der Waals surface area contributed by atoms with Crippen molar-refractivity contribution in [2.24, 2.45) is 20.5 Å².